The number of amides is 4. The van der Waals surface area contributed by atoms with Gasteiger partial charge >= 0.3 is 0 Å². The number of Topliss-reactive ketones (excluding diaryl/α,β-unsaturated/α-hetero) is 1. The summed E-state index contributed by atoms with van der Waals surface area (Å²) in [5.74, 6) is -0.257. The van der Waals surface area contributed by atoms with E-state index in [1.165, 1.54) is 4.90 Å². The number of fused-ring (bicyclic) bond motifs is 1. The molecule has 3 atom stereocenters. The van der Waals surface area contributed by atoms with Gasteiger partial charge in [-0.15, -0.1) is 0 Å². The van der Waals surface area contributed by atoms with Crippen LogP contribution in [0.3, 0.4) is 0 Å². The standard InChI is InChI=1S/C32H36N4O6/c37-28(21-7-2-1-3-8-21)19-34-15-6-10-27(34)32(41)35-16-5-4-9-23(35)20-42-24-11-12-25-22(17-24)18-36(31(25)40)26-13-14-29(38)33-30(26)39/h1-3,7-8,11-12,17,23,26-27H,4-6,9-10,13-16,18-20H2,(H,33,38,39)/t23-,26?,27+/m1/s1. The smallest absolute Gasteiger partial charge is 0.255 e. The van der Waals surface area contributed by atoms with Crippen molar-refractivity contribution in [2.75, 3.05) is 26.2 Å². The fourth-order valence-electron chi connectivity index (χ4n) is 6.68. The van der Waals surface area contributed by atoms with Crippen LogP contribution in [-0.4, -0.2) is 88.5 Å². The zero-order valence-corrected chi connectivity index (χ0v) is 23.6. The lowest BCUT2D eigenvalue weighted by Crippen LogP contribution is -2.53. The Balaban J connectivity index is 1.08. The van der Waals surface area contributed by atoms with Gasteiger partial charge < -0.3 is 14.5 Å². The number of piperidine rings is 2. The Bertz CT molecular complexity index is 1390. The first-order valence-corrected chi connectivity index (χ1v) is 14.9. The van der Waals surface area contributed by atoms with Crippen molar-refractivity contribution >= 4 is 29.4 Å². The molecule has 3 fully saturated rings. The topological polar surface area (TPSA) is 116 Å². The Morgan fingerprint density at radius 2 is 1.76 bits per heavy atom. The molecule has 2 aromatic rings. The molecule has 2 aromatic carbocycles. The molecule has 0 bridgehead atoms. The molecule has 0 saturated carbocycles. The summed E-state index contributed by atoms with van der Waals surface area (Å²) >= 11 is 0. The van der Waals surface area contributed by atoms with Gasteiger partial charge in [0.25, 0.3) is 5.91 Å². The average Bonchev–Trinajstić information content (AvgIpc) is 3.60. The van der Waals surface area contributed by atoms with Crippen LogP contribution in [0.15, 0.2) is 48.5 Å². The number of ether oxygens (including phenoxy) is 1. The molecule has 4 aliphatic rings. The molecule has 3 saturated heterocycles. The SMILES string of the molecule is O=C1CCC(N2Cc3cc(OC[C@H]4CCCCN4C(=O)[C@@H]4CCCN4CC(=O)c4ccccc4)ccc3C2=O)C(=O)N1. The minimum absolute atomic E-state index is 0.0279. The molecule has 4 amide bonds. The predicted octanol–water partition coefficient (Wildman–Crippen LogP) is 2.55. The molecule has 0 radical (unpaired) electrons. The Hall–Kier alpha value is -4.05. The van der Waals surface area contributed by atoms with Crippen molar-refractivity contribution in [3.63, 3.8) is 0 Å². The van der Waals surface area contributed by atoms with Crippen LogP contribution < -0.4 is 10.1 Å². The molecular formula is C32H36N4O6. The van der Waals surface area contributed by atoms with E-state index in [2.05, 4.69) is 5.32 Å². The molecule has 0 aromatic heterocycles. The van der Waals surface area contributed by atoms with Crippen molar-refractivity contribution < 1.29 is 28.7 Å². The van der Waals surface area contributed by atoms with Gasteiger partial charge in [-0.3, -0.25) is 34.2 Å². The van der Waals surface area contributed by atoms with Crippen LogP contribution >= 0.6 is 0 Å². The van der Waals surface area contributed by atoms with Gasteiger partial charge in [-0.25, -0.2) is 0 Å². The molecule has 1 unspecified atom stereocenters. The maximum atomic E-state index is 13.8. The summed E-state index contributed by atoms with van der Waals surface area (Å²) in [6.45, 7) is 2.26. The quantitative estimate of drug-likeness (QED) is 0.382. The minimum Gasteiger partial charge on any atom is -0.491 e. The van der Waals surface area contributed by atoms with Gasteiger partial charge in [0.2, 0.25) is 17.7 Å². The second-order valence-electron chi connectivity index (χ2n) is 11.6. The van der Waals surface area contributed by atoms with Crippen molar-refractivity contribution in [3.8, 4) is 5.75 Å². The van der Waals surface area contributed by atoms with Crippen LogP contribution in [0.1, 0.15) is 71.2 Å². The molecule has 10 nitrogen and oxygen atoms in total. The zero-order valence-electron chi connectivity index (χ0n) is 23.6. The highest BCUT2D eigenvalue weighted by Crippen LogP contribution is 2.31. The number of carbonyl (C=O) groups is 5. The predicted molar refractivity (Wildman–Crippen MR) is 153 cm³/mol. The maximum absolute atomic E-state index is 13.8. The van der Waals surface area contributed by atoms with Gasteiger partial charge in [-0.05, 0) is 68.8 Å². The summed E-state index contributed by atoms with van der Waals surface area (Å²) in [5, 5.41) is 2.33. The summed E-state index contributed by atoms with van der Waals surface area (Å²) in [6, 6.07) is 13.5. The highest BCUT2D eigenvalue weighted by atomic mass is 16.5. The Kier molecular flexibility index (Phi) is 8.06. The average molecular weight is 573 g/mol. The Morgan fingerprint density at radius 1 is 0.929 bits per heavy atom. The number of carbonyl (C=O) groups excluding carboxylic acids is 5. The van der Waals surface area contributed by atoms with E-state index in [9.17, 15) is 24.0 Å². The summed E-state index contributed by atoms with van der Waals surface area (Å²) in [4.78, 5) is 69.0. The van der Waals surface area contributed by atoms with Crippen molar-refractivity contribution in [2.45, 2.75) is 69.6 Å². The normalized spacial score (nSPS) is 24.5. The fraction of sp³-hybridized carbons (Fsp3) is 0.469. The van der Waals surface area contributed by atoms with Crippen molar-refractivity contribution in [2.24, 2.45) is 0 Å². The molecule has 220 valence electrons. The van der Waals surface area contributed by atoms with E-state index in [1.54, 1.807) is 12.1 Å². The lowest BCUT2D eigenvalue weighted by Gasteiger charge is -2.38. The number of benzene rings is 2. The minimum atomic E-state index is -0.660. The summed E-state index contributed by atoms with van der Waals surface area (Å²) in [5.41, 5.74) is 1.98. The molecular weight excluding hydrogens is 536 g/mol. The molecule has 42 heavy (non-hydrogen) atoms. The second-order valence-corrected chi connectivity index (χ2v) is 11.6. The van der Waals surface area contributed by atoms with E-state index in [1.807, 2.05) is 46.2 Å². The van der Waals surface area contributed by atoms with Gasteiger partial charge in [0.05, 0.1) is 18.6 Å². The van der Waals surface area contributed by atoms with Crippen LogP contribution in [0.5, 0.6) is 5.75 Å². The number of nitrogens with zero attached hydrogens (tertiary/aromatic N) is 3. The first kappa shape index (κ1) is 28.1. The third-order valence-electron chi connectivity index (χ3n) is 8.94. The summed E-state index contributed by atoms with van der Waals surface area (Å²) in [7, 11) is 0. The van der Waals surface area contributed by atoms with E-state index in [4.69, 9.17) is 4.74 Å². The van der Waals surface area contributed by atoms with Gasteiger partial charge in [0, 0.05) is 30.6 Å². The zero-order chi connectivity index (χ0) is 29.2. The first-order valence-electron chi connectivity index (χ1n) is 14.9. The van der Waals surface area contributed by atoms with Crippen LogP contribution in [0, 0.1) is 0 Å². The van der Waals surface area contributed by atoms with Crippen molar-refractivity contribution in [1.29, 1.82) is 0 Å². The number of ketones is 1. The number of rotatable bonds is 8. The number of imide groups is 1. The maximum Gasteiger partial charge on any atom is 0.255 e. The van der Waals surface area contributed by atoms with Gasteiger partial charge in [-0.2, -0.15) is 0 Å². The number of likely N-dealkylation sites (tertiary alicyclic amines) is 2. The number of nitrogens with one attached hydrogen (secondary N) is 1. The monoisotopic (exact) mass is 572 g/mol. The molecule has 10 heteroatoms. The molecule has 4 heterocycles. The highest BCUT2D eigenvalue weighted by molar-refractivity contribution is 6.05. The van der Waals surface area contributed by atoms with Gasteiger partial charge in [0.15, 0.2) is 5.78 Å². The second kappa shape index (κ2) is 12.1. The largest absolute Gasteiger partial charge is 0.491 e. The molecule has 0 aliphatic carbocycles. The van der Waals surface area contributed by atoms with E-state index in [0.29, 0.717) is 36.4 Å². The third-order valence-corrected chi connectivity index (χ3v) is 8.94. The van der Waals surface area contributed by atoms with Crippen LogP contribution in [0.2, 0.25) is 0 Å². The van der Waals surface area contributed by atoms with Crippen molar-refractivity contribution in [3.05, 3.63) is 65.2 Å². The van der Waals surface area contributed by atoms with E-state index >= 15 is 0 Å². The molecule has 0 spiro atoms. The van der Waals surface area contributed by atoms with Crippen LogP contribution in [-0.2, 0) is 20.9 Å². The van der Waals surface area contributed by atoms with E-state index < -0.39 is 11.9 Å². The van der Waals surface area contributed by atoms with Crippen LogP contribution in [0.4, 0.5) is 0 Å². The Morgan fingerprint density at radius 3 is 2.57 bits per heavy atom. The number of hydrogen-bond acceptors (Lipinski definition) is 7. The summed E-state index contributed by atoms with van der Waals surface area (Å²) < 4.78 is 6.20. The first-order chi connectivity index (χ1) is 20.4. The number of hydrogen-bond donors (Lipinski definition) is 1. The lowest BCUT2D eigenvalue weighted by molar-refractivity contribution is -0.140. The van der Waals surface area contributed by atoms with E-state index in [0.717, 1.165) is 44.2 Å². The highest BCUT2D eigenvalue weighted by Gasteiger charge is 2.40. The van der Waals surface area contributed by atoms with Gasteiger partial charge in [0.1, 0.15) is 18.4 Å². The Labute approximate surface area is 245 Å². The van der Waals surface area contributed by atoms with E-state index in [-0.39, 0.29) is 55.1 Å². The fourth-order valence-corrected chi connectivity index (χ4v) is 6.68. The van der Waals surface area contributed by atoms with Crippen LogP contribution in [0.25, 0.3) is 0 Å². The van der Waals surface area contributed by atoms with Gasteiger partial charge in [-0.1, -0.05) is 30.3 Å². The lowest BCUT2D eigenvalue weighted by atomic mass is 10.0. The molecule has 1 N–H and O–H groups in total. The molecule has 6 rings (SSSR count). The van der Waals surface area contributed by atoms with Crippen molar-refractivity contribution in [1.82, 2.24) is 20.0 Å². The third kappa shape index (κ3) is 5.68. The summed E-state index contributed by atoms with van der Waals surface area (Å²) in [6.07, 6.45) is 4.95. The molecule has 4 aliphatic heterocycles.